The van der Waals surface area contributed by atoms with Crippen molar-refractivity contribution in [2.24, 2.45) is 0 Å². The molecule has 0 N–H and O–H groups in total. The highest BCUT2D eigenvalue weighted by Crippen LogP contribution is 2.24. The largest absolute Gasteiger partial charge is 0.439 e. The summed E-state index contributed by atoms with van der Waals surface area (Å²) in [6.07, 6.45) is 0. The lowest BCUT2D eigenvalue weighted by molar-refractivity contribution is 0.382. The van der Waals surface area contributed by atoms with Gasteiger partial charge in [-0.3, -0.25) is 0 Å². The fourth-order valence-electron chi connectivity index (χ4n) is 3.45. The lowest BCUT2D eigenvalue weighted by Gasteiger charge is -2.34. The molecule has 0 aliphatic carbocycles. The summed E-state index contributed by atoms with van der Waals surface area (Å²) >= 11 is 0. The van der Waals surface area contributed by atoms with Crippen molar-refractivity contribution in [3.63, 3.8) is 0 Å². The smallest absolute Gasteiger partial charge is 0.224 e. The maximum absolute atomic E-state index is 13.9. The Bertz CT molecular complexity index is 1150. The van der Waals surface area contributed by atoms with Gasteiger partial charge in [-0.25, -0.2) is 17.8 Å². The first kappa shape index (κ1) is 21.2. The Morgan fingerprint density at radius 1 is 0.968 bits per heavy atom. The van der Waals surface area contributed by atoms with Crippen LogP contribution in [0.25, 0.3) is 0 Å². The summed E-state index contributed by atoms with van der Waals surface area (Å²) in [7, 11) is -3.61. The lowest BCUT2D eigenvalue weighted by Crippen LogP contribution is -2.49. The van der Waals surface area contributed by atoms with Gasteiger partial charge in [0.05, 0.1) is 5.75 Å². The zero-order valence-electron chi connectivity index (χ0n) is 17.1. The van der Waals surface area contributed by atoms with Crippen molar-refractivity contribution >= 4 is 15.8 Å². The predicted molar refractivity (Wildman–Crippen MR) is 116 cm³/mol. The molecule has 31 heavy (non-hydrogen) atoms. The van der Waals surface area contributed by atoms with Crippen LogP contribution in [0, 0.1) is 12.7 Å². The number of hydrogen-bond donors (Lipinski definition) is 0. The van der Waals surface area contributed by atoms with Gasteiger partial charge >= 0.3 is 0 Å². The van der Waals surface area contributed by atoms with Crippen LogP contribution >= 0.6 is 0 Å². The Morgan fingerprint density at radius 3 is 2.35 bits per heavy atom. The molecule has 0 unspecified atom stereocenters. The zero-order valence-corrected chi connectivity index (χ0v) is 17.9. The first-order valence-corrected chi connectivity index (χ1v) is 11.6. The number of ether oxygens (including phenoxy) is 1. The standard InChI is InChI=1S/C22H23FN4O3S/c1-17-24-21(15-22(25-17)30-19-8-3-2-4-9-19)26-11-13-27(14-12-26)31(28,29)16-18-7-5-6-10-20(18)23/h2-10,15H,11-14,16H2,1H3. The van der Waals surface area contributed by atoms with Crippen LogP contribution in [-0.2, 0) is 15.8 Å². The number of piperazine rings is 1. The topological polar surface area (TPSA) is 75.6 Å². The van der Waals surface area contributed by atoms with Crippen LogP contribution < -0.4 is 9.64 Å². The van der Waals surface area contributed by atoms with Crippen molar-refractivity contribution in [2.75, 3.05) is 31.1 Å². The molecule has 2 aromatic carbocycles. The van der Waals surface area contributed by atoms with E-state index in [-0.39, 0.29) is 11.3 Å². The van der Waals surface area contributed by atoms with Crippen LogP contribution in [0.2, 0.25) is 0 Å². The SMILES string of the molecule is Cc1nc(Oc2ccccc2)cc(N2CCN(S(=O)(=O)Cc3ccccc3F)CC2)n1. The van der Waals surface area contributed by atoms with Crippen molar-refractivity contribution in [1.29, 1.82) is 0 Å². The van der Waals surface area contributed by atoms with Crippen LogP contribution in [0.5, 0.6) is 11.6 Å². The molecule has 1 aliphatic heterocycles. The number of anilines is 1. The summed E-state index contributed by atoms with van der Waals surface area (Å²) in [5, 5.41) is 0. The van der Waals surface area contributed by atoms with Gasteiger partial charge in [-0.2, -0.15) is 9.29 Å². The molecule has 0 spiro atoms. The molecule has 4 rings (SSSR count). The first-order chi connectivity index (χ1) is 14.9. The van der Waals surface area contributed by atoms with Gasteiger partial charge in [-0.1, -0.05) is 36.4 Å². The number of aromatic nitrogens is 2. The average Bonchev–Trinajstić information content (AvgIpc) is 2.76. The van der Waals surface area contributed by atoms with Crippen LogP contribution in [0.15, 0.2) is 60.7 Å². The Morgan fingerprint density at radius 2 is 1.65 bits per heavy atom. The average molecular weight is 443 g/mol. The van der Waals surface area contributed by atoms with Crippen molar-refractivity contribution in [2.45, 2.75) is 12.7 Å². The second-order valence-corrected chi connectivity index (χ2v) is 9.23. The molecule has 0 saturated carbocycles. The predicted octanol–water partition coefficient (Wildman–Crippen LogP) is 3.37. The summed E-state index contributed by atoms with van der Waals surface area (Å²) < 4.78 is 46.6. The molecule has 1 saturated heterocycles. The van der Waals surface area contributed by atoms with Crippen molar-refractivity contribution in [3.05, 3.63) is 77.9 Å². The lowest BCUT2D eigenvalue weighted by atomic mass is 10.2. The maximum atomic E-state index is 13.9. The fourth-order valence-corrected chi connectivity index (χ4v) is 4.98. The Hall–Kier alpha value is -3.04. The molecular formula is C22H23FN4O3S. The summed E-state index contributed by atoms with van der Waals surface area (Å²) in [4.78, 5) is 10.8. The molecule has 2 heterocycles. The minimum atomic E-state index is -3.61. The van der Waals surface area contributed by atoms with Gasteiger partial charge in [-0.05, 0) is 25.1 Å². The Kier molecular flexibility index (Phi) is 6.15. The van der Waals surface area contributed by atoms with E-state index >= 15 is 0 Å². The summed E-state index contributed by atoms with van der Waals surface area (Å²) in [5.41, 5.74) is 0.180. The van der Waals surface area contributed by atoms with Crippen LogP contribution in [0.1, 0.15) is 11.4 Å². The molecule has 9 heteroatoms. The summed E-state index contributed by atoms with van der Waals surface area (Å²) in [6, 6.07) is 17.1. The Balaban J connectivity index is 1.43. The molecule has 1 fully saturated rings. The molecule has 0 atom stereocenters. The highest BCUT2D eigenvalue weighted by Gasteiger charge is 2.28. The third kappa shape index (κ3) is 5.18. The molecule has 7 nitrogen and oxygen atoms in total. The van der Waals surface area contributed by atoms with E-state index in [1.807, 2.05) is 35.2 Å². The number of aryl methyl sites for hydroxylation is 1. The highest BCUT2D eigenvalue weighted by molar-refractivity contribution is 7.88. The van der Waals surface area contributed by atoms with Crippen molar-refractivity contribution in [3.8, 4) is 11.6 Å². The van der Waals surface area contributed by atoms with Gasteiger partial charge in [0.2, 0.25) is 15.9 Å². The number of rotatable bonds is 6. The van der Waals surface area contributed by atoms with Crippen LogP contribution in [-0.4, -0.2) is 48.9 Å². The highest BCUT2D eigenvalue weighted by atomic mass is 32.2. The van der Waals surface area contributed by atoms with E-state index in [4.69, 9.17) is 4.74 Å². The van der Waals surface area contributed by atoms with Gasteiger partial charge in [0.15, 0.2) is 0 Å². The summed E-state index contributed by atoms with van der Waals surface area (Å²) in [6.45, 7) is 3.33. The molecule has 3 aromatic rings. The fraction of sp³-hybridized carbons (Fsp3) is 0.273. The second-order valence-electron chi connectivity index (χ2n) is 7.26. The Labute approximate surface area is 181 Å². The number of benzene rings is 2. The molecule has 162 valence electrons. The molecular weight excluding hydrogens is 419 g/mol. The zero-order chi connectivity index (χ0) is 21.8. The molecule has 1 aliphatic rings. The number of nitrogens with zero attached hydrogens (tertiary/aromatic N) is 4. The van der Waals surface area contributed by atoms with Crippen LogP contribution in [0.3, 0.4) is 0 Å². The quantitative estimate of drug-likeness (QED) is 0.583. The van der Waals surface area contributed by atoms with Gasteiger partial charge < -0.3 is 9.64 Å². The van der Waals surface area contributed by atoms with E-state index < -0.39 is 15.8 Å². The van der Waals surface area contributed by atoms with E-state index in [2.05, 4.69) is 9.97 Å². The van der Waals surface area contributed by atoms with Crippen molar-refractivity contribution in [1.82, 2.24) is 14.3 Å². The van der Waals surface area contributed by atoms with Gasteiger partial charge in [0.1, 0.15) is 23.2 Å². The van der Waals surface area contributed by atoms with Crippen molar-refractivity contribution < 1.29 is 17.5 Å². The normalized spacial score (nSPS) is 15.1. The minimum absolute atomic E-state index is 0.180. The van der Waals surface area contributed by atoms with E-state index in [9.17, 15) is 12.8 Å². The van der Waals surface area contributed by atoms with Gasteiger partial charge in [-0.15, -0.1) is 0 Å². The van der Waals surface area contributed by atoms with E-state index in [0.717, 1.165) is 0 Å². The third-order valence-electron chi connectivity index (χ3n) is 5.02. The van der Waals surface area contributed by atoms with Crippen LogP contribution in [0.4, 0.5) is 10.2 Å². The van der Waals surface area contributed by atoms with E-state index in [0.29, 0.717) is 49.5 Å². The minimum Gasteiger partial charge on any atom is -0.439 e. The van der Waals surface area contributed by atoms with Gasteiger partial charge in [0.25, 0.3) is 0 Å². The number of sulfonamides is 1. The molecule has 0 radical (unpaired) electrons. The summed E-state index contributed by atoms with van der Waals surface area (Å²) in [5.74, 6) is 1.51. The number of para-hydroxylation sites is 1. The maximum Gasteiger partial charge on any atom is 0.224 e. The van der Waals surface area contributed by atoms with E-state index in [1.54, 1.807) is 25.1 Å². The molecule has 0 bridgehead atoms. The van der Waals surface area contributed by atoms with Gasteiger partial charge in [0, 0.05) is 37.8 Å². The number of hydrogen-bond acceptors (Lipinski definition) is 6. The van der Waals surface area contributed by atoms with E-state index in [1.165, 1.54) is 16.4 Å². The molecule has 1 aromatic heterocycles. The first-order valence-electron chi connectivity index (χ1n) is 9.95. The second kappa shape index (κ2) is 8.99. The monoisotopic (exact) mass is 442 g/mol. The third-order valence-corrected chi connectivity index (χ3v) is 6.85. The molecule has 0 amide bonds. The number of halogens is 1.